The average molecular weight is 343 g/mol. The molecule has 0 aromatic heterocycles. The van der Waals surface area contributed by atoms with Crippen LogP contribution in [0.15, 0.2) is 42.5 Å². The fourth-order valence-electron chi connectivity index (χ4n) is 2.06. The predicted octanol–water partition coefficient (Wildman–Crippen LogP) is 2.53. The molecular weight excluding hydrogens is 326 g/mol. The third kappa shape index (κ3) is 4.77. The fraction of sp³-hybridized carbons (Fsp3) is 0.176. The number of nitrogens with zero attached hydrogens (tertiary/aromatic N) is 1. The number of carbonyl (C=O) groups is 2. The maximum atomic E-state index is 11.9. The lowest BCUT2D eigenvalue weighted by Crippen LogP contribution is -2.21. The maximum absolute atomic E-state index is 11.9. The molecule has 0 unspecified atom stereocenters. The number of rotatable bonds is 6. The molecule has 0 heterocycles. The van der Waals surface area contributed by atoms with Gasteiger partial charge in [-0.1, -0.05) is 19.1 Å². The van der Waals surface area contributed by atoms with E-state index in [1.165, 1.54) is 12.1 Å². The number of benzene rings is 2. The predicted molar refractivity (Wildman–Crippen MR) is 92.2 cm³/mol. The third-order valence-corrected chi connectivity index (χ3v) is 3.44. The molecule has 1 amide bonds. The summed E-state index contributed by atoms with van der Waals surface area (Å²) < 4.78 is 4.87. The van der Waals surface area contributed by atoms with Crippen LogP contribution in [-0.4, -0.2) is 23.4 Å². The number of nitro benzene ring substituents is 1. The van der Waals surface area contributed by atoms with Crippen molar-refractivity contribution in [3.8, 4) is 0 Å². The first kappa shape index (κ1) is 17.9. The highest BCUT2D eigenvalue weighted by molar-refractivity contribution is 5.96. The molecule has 130 valence electrons. The standard InChI is InChI=1S/C17H17N3O5/c1-2-11-3-6-13(7-4-11)19-16(21)10-25-17(22)12-5-8-14(18)15(9-12)20(23)24/h3-9H,2,10,18H2,1H3,(H,19,21). The number of hydrogen-bond acceptors (Lipinski definition) is 6. The van der Waals surface area contributed by atoms with Gasteiger partial charge in [-0.2, -0.15) is 0 Å². The molecular formula is C17H17N3O5. The van der Waals surface area contributed by atoms with Crippen LogP contribution in [0.4, 0.5) is 17.1 Å². The number of carbonyl (C=O) groups excluding carboxylic acids is 2. The highest BCUT2D eigenvalue weighted by Gasteiger charge is 2.17. The summed E-state index contributed by atoms with van der Waals surface area (Å²) in [6.07, 6.45) is 0.888. The van der Waals surface area contributed by atoms with Crippen molar-refractivity contribution in [2.24, 2.45) is 0 Å². The van der Waals surface area contributed by atoms with Gasteiger partial charge in [-0.3, -0.25) is 14.9 Å². The van der Waals surface area contributed by atoms with Crippen LogP contribution in [0.2, 0.25) is 0 Å². The number of esters is 1. The van der Waals surface area contributed by atoms with E-state index < -0.39 is 29.1 Å². The Bertz CT molecular complexity index is 802. The van der Waals surface area contributed by atoms with Crippen LogP contribution in [0.25, 0.3) is 0 Å². The number of ether oxygens (including phenoxy) is 1. The number of nitrogen functional groups attached to an aromatic ring is 1. The molecule has 0 bridgehead atoms. The number of hydrogen-bond donors (Lipinski definition) is 2. The van der Waals surface area contributed by atoms with E-state index in [4.69, 9.17) is 10.5 Å². The van der Waals surface area contributed by atoms with E-state index in [1.807, 2.05) is 19.1 Å². The van der Waals surface area contributed by atoms with E-state index in [9.17, 15) is 19.7 Å². The van der Waals surface area contributed by atoms with Gasteiger partial charge in [-0.05, 0) is 36.2 Å². The molecule has 0 saturated carbocycles. The molecule has 8 nitrogen and oxygen atoms in total. The Morgan fingerprint density at radius 2 is 1.88 bits per heavy atom. The lowest BCUT2D eigenvalue weighted by atomic mass is 10.1. The Kier molecular flexibility index (Phi) is 5.67. The molecule has 0 aliphatic rings. The molecule has 0 aliphatic carbocycles. The second-order valence-corrected chi connectivity index (χ2v) is 5.21. The first-order valence-corrected chi connectivity index (χ1v) is 7.50. The van der Waals surface area contributed by atoms with Crippen molar-refractivity contribution in [1.82, 2.24) is 0 Å². The zero-order valence-corrected chi connectivity index (χ0v) is 13.5. The topological polar surface area (TPSA) is 125 Å². The van der Waals surface area contributed by atoms with Crippen LogP contribution in [0.5, 0.6) is 0 Å². The molecule has 0 atom stereocenters. The van der Waals surface area contributed by atoms with Crippen LogP contribution in [-0.2, 0) is 16.0 Å². The minimum atomic E-state index is -0.848. The van der Waals surface area contributed by atoms with Gasteiger partial charge in [0.2, 0.25) is 0 Å². The van der Waals surface area contributed by atoms with Gasteiger partial charge in [0.25, 0.3) is 11.6 Å². The Balaban J connectivity index is 1.93. The zero-order valence-electron chi connectivity index (χ0n) is 13.5. The second-order valence-electron chi connectivity index (χ2n) is 5.21. The van der Waals surface area contributed by atoms with E-state index in [0.717, 1.165) is 18.1 Å². The van der Waals surface area contributed by atoms with Crippen LogP contribution in [0, 0.1) is 10.1 Å². The summed E-state index contributed by atoms with van der Waals surface area (Å²) >= 11 is 0. The molecule has 2 rings (SSSR count). The van der Waals surface area contributed by atoms with Crippen molar-refractivity contribution in [1.29, 1.82) is 0 Å². The molecule has 0 spiro atoms. The molecule has 0 saturated heterocycles. The van der Waals surface area contributed by atoms with Crippen molar-refractivity contribution in [2.75, 3.05) is 17.7 Å². The molecule has 8 heteroatoms. The van der Waals surface area contributed by atoms with Crippen molar-refractivity contribution < 1.29 is 19.2 Å². The molecule has 0 radical (unpaired) electrons. The Morgan fingerprint density at radius 1 is 1.20 bits per heavy atom. The van der Waals surface area contributed by atoms with Crippen molar-refractivity contribution in [3.05, 3.63) is 63.7 Å². The number of nitrogens with one attached hydrogen (secondary N) is 1. The van der Waals surface area contributed by atoms with Crippen LogP contribution in [0.1, 0.15) is 22.8 Å². The summed E-state index contributed by atoms with van der Waals surface area (Å²) in [5.74, 6) is -1.36. The van der Waals surface area contributed by atoms with Gasteiger partial charge < -0.3 is 15.8 Å². The van der Waals surface area contributed by atoms with Gasteiger partial charge in [0.15, 0.2) is 6.61 Å². The van der Waals surface area contributed by atoms with Gasteiger partial charge in [0.05, 0.1) is 10.5 Å². The largest absolute Gasteiger partial charge is 0.452 e. The lowest BCUT2D eigenvalue weighted by molar-refractivity contribution is -0.383. The average Bonchev–Trinajstić information content (AvgIpc) is 2.60. The highest BCUT2D eigenvalue weighted by Crippen LogP contribution is 2.22. The molecule has 0 fully saturated rings. The smallest absolute Gasteiger partial charge is 0.338 e. The zero-order chi connectivity index (χ0) is 18.4. The van der Waals surface area contributed by atoms with Gasteiger partial charge in [-0.15, -0.1) is 0 Å². The van der Waals surface area contributed by atoms with Gasteiger partial charge in [-0.25, -0.2) is 4.79 Å². The van der Waals surface area contributed by atoms with E-state index in [2.05, 4.69) is 5.32 Å². The number of aryl methyl sites for hydroxylation is 1. The normalized spacial score (nSPS) is 10.1. The van der Waals surface area contributed by atoms with Crippen LogP contribution in [0.3, 0.4) is 0 Å². The van der Waals surface area contributed by atoms with Gasteiger partial charge >= 0.3 is 5.97 Å². The molecule has 2 aromatic rings. The minimum absolute atomic E-state index is 0.0546. The quantitative estimate of drug-likeness (QED) is 0.359. The second kappa shape index (κ2) is 7.91. The number of amides is 1. The Labute approximate surface area is 143 Å². The van der Waals surface area contributed by atoms with Crippen molar-refractivity contribution in [3.63, 3.8) is 0 Å². The van der Waals surface area contributed by atoms with E-state index in [-0.39, 0.29) is 11.3 Å². The Hall–Kier alpha value is -3.42. The van der Waals surface area contributed by atoms with Crippen molar-refractivity contribution in [2.45, 2.75) is 13.3 Å². The fourth-order valence-corrected chi connectivity index (χ4v) is 2.06. The van der Waals surface area contributed by atoms with E-state index in [1.54, 1.807) is 12.1 Å². The van der Waals surface area contributed by atoms with Gasteiger partial charge in [0, 0.05) is 11.8 Å². The van der Waals surface area contributed by atoms with E-state index >= 15 is 0 Å². The number of nitro groups is 1. The molecule has 25 heavy (non-hydrogen) atoms. The number of anilines is 2. The minimum Gasteiger partial charge on any atom is -0.452 e. The highest BCUT2D eigenvalue weighted by atomic mass is 16.6. The molecule has 3 N–H and O–H groups in total. The lowest BCUT2D eigenvalue weighted by Gasteiger charge is -2.07. The molecule has 0 aliphatic heterocycles. The maximum Gasteiger partial charge on any atom is 0.338 e. The molecule has 2 aromatic carbocycles. The first-order chi connectivity index (χ1) is 11.9. The summed E-state index contributed by atoms with van der Waals surface area (Å²) in [5, 5.41) is 13.4. The van der Waals surface area contributed by atoms with Crippen molar-refractivity contribution >= 4 is 28.9 Å². The van der Waals surface area contributed by atoms with Gasteiger partial charge in [0.1, 0.15) is 5.69 Å². The van der Waals surface area contributed by atoms with Crippen LogP contribution < -0.4 is 11.1 Å². The monoisotopic (exact) mass is 343 g/mol. The number of nitrogens with two attached hydrogens (primary N) is 1. The van der Waals surface area contributed by atoms with Crippen LogP contribution >= 0.6 is 0 Å². The summed E-state index contributed by atoms with van der Waals surface area (Å²) in [6.45, 7) is 1.51. The third-order valence-electron chi connectivity index (χ3n) is 3.44. The Morgan fingerprint density at radius 3 is 2.48 bits per heavy atom. The summed E-state index contributed by atoms with van der Waals surface area (Å²) in [5.41, 5.74) is 6.67. The van der Waals surface area contributed by atoms with E-state index in [0.29, 0.717) is 5.69 Å². The summed E-state index contributed by atoms with van der Waals surface area (Å²) in [4.78, 5) is 33.8. The summed E-state index contributed by atoms with van der Waals surface area (Å²) in [6, 6.07) is 10.8. The summed E-state index contributed by atoms with van der Waals surface area (Å²) in [7, 11) is 0. The first-order valence-electron chi connectivity index (χ1n) is 7.50. The SMILES string of the molecule is CCc1ccc(NC(=O)COC(=O)c2ccc(N)c([N+](=O)[O-])c2)cc1.